The third-order valence-corrected chi connectivity index (χ3v) is 8.44. The molecule has 4 aromatic carbocycles. The minimum absolute atomic E-state index is 0.661. The van der Waals surface area contributed by atoms with Gasteiger partial charge in [-0.1, -0.05) is 91.0 Å². The van der Waals surface area contributed by atoms with Gasteiger partial charge in [0.05, 0.1) is 0 Å². The van der Waals surface area contributed by atoms with Crippen molar-refractivity contribution in [2.75, 3.05) is 0 Å². The van der Waals surface area contributed by atoms with Crippen molar-refractivity contribution in [2.45, 2.75) is 27.7 Å². The average Bonchev–Trinajstić information content (AvgIpc) is 2.72. The second-order valence-corrected chi connectivity index (χ2v) is 9.81. The molecule has 144 valence electrons. The van der Waals surface area contributed by atoms with Crippen LogP contribution in [-0.4, -0.2) is 0 Å². The molecule has 0 nitrogen and oxygen atoms in total. The molecule has 4 aromatic rings. The molecule has 0 unspecified atom stereocenters. The first-order chi connectivity index (χ1) is 14.1. The van der Waals surface area contributed by atoms with Crippen LogP contribution >= 0.6 is 7.92 Å². The summed E-state index contributed by atoms with van der Waals surface area (Å²) in [4.78, 5) is 0. The van der Waals surface area contributed by atoms with Gasteiger partial charge in [-0.2, -0.15) is 0 Å². The summed E-state index contributed by atoms with van der Waals surface area (Å²) >= 11 is 0. The number of rotatable bonds is 4. The Labute approximate surface area is 176 Å². The largest absolute Gasteiger partial charge is 0.0620 e. The highest BCUT2D eigenvalue weighted by molar-refractivity contribution is 7.80. The zero-order valence-corrected chi connectivity index (χ0v) is 18.5. The molecule has 0 saturated carbocycles. The summed E-state index contributed by atoms with van der Waals surface area (Å²) in [5, 5.41) is 4.33. The first kappa shape index (κ1) is 19.6. The van der Waals surface area contributed by atoms with E-state index in [0.717, 1.165) is 0 Å². The van der Waals surface area contributed by atoms with E-state index in [1.54, 1.807) is 0 Å². The zero-order chi connectivity index (χ0) is 20.4. The van der Waals surface area contributed by atoms with Crippen LogP contribution in [0.3, 0.4) is 0 Å². The number of aryl methyl sites for hydroxylation is 4. The van der Waals surface area contributed by atoms with E-state index in [2.05, 4.69) is 119 Å². The van der Waals surface area contributed by atoms with Crippen LogP contribution in [0.15, 0.2) is 91.0 Å². The molecule has 29 heavy (non-hydrogen) atoms. The summed E-state index contributed by atoms with van der Waals surface area (Å²) in [5.74, 6) is 0. The van der Waals surface area contributed by atoms with Crippen molar-refractivity contribution in [2.24, 2.45) is 0 Å². The zero-order valence-electron chi connectivity index (χ0n) is 17.6. The van der Waals surface area contributed by atoms with E-state index >= 15 is 0 Å². The smallest absolute Gasteiger partial charge is 0.00684 e. The van der Waals surface area contributed by atoms with E-state index in [-0.39, 0.29) is 0 Å². The van der Waals surface area contributed by atoms with Crippen LogP contribution in [0, 0.1) is 27.7 Å². The molecule has 4 rings (SSSR count). The summed E-state index contributed by atoms with van der Waals surface area (Å²) in [6.45, 7) is 8.95. The van der Waals surface area contributed by atoms with E-state index in [1.165, 1.54) is 49.3 Å². The van der Waals surface area contributed by atoms with Crippen molar-refractivity contribution in [3.8, 4) is 11.1 Å². The van der Waals surface area contributed by atoms with Crippen LogP contribution in [0.4, 0.5) is 0 Å². The Morgan fingerprint density at radius 1 is 0.414 bits per heavy atom. The van der Waals surface area contributed by atoms with Gasteiger partial charge in [0, 0.05) is 0 Å². The first-order valence-corrected chi connectivity index (χ1v) is 11.5. The third-order valence-electron chi connectivity index (χ3n) is 5.62. The van der Waals surface area contributed by atoms with Gasteiger partial charge in [-0.15, -0.1) is 0 Å². The molecule has 0 fully saturated rings. The minimum atomic E-state index is -0.661. The van der Waals surface area contributed by atoms with Crippen molar-refractivity contribution < 1.29 is 0 Å². The van der Waals surface area contributed by atoms with E-state index in [0.29, 0.717) is 0 Å². The quantitative estimate of drug-likeness (QED) is 0.354. The van der Waals surface area contributed by atoms with Crippen LogP contribution in [-0.2, 0) is 0 Å². The van der Waals surface area contributed by atoms with Crippen molar-refractivity contribution >= 4 is 23.8 Å². The minimum Gasteiger partial charge on any atom is -0.0620 e. The SMILES string of the molecule is Cc1ccccc1-c1c(C)cccc1P(c1ccccc1C)c1ccccc1C. The summed E-state index contributed by atoms with van der Waals surface area (Å²) < 4.78 is 0. The highest BCUT2D eigenvalue weighted by Crippen LogP contribution is 2.40. The molecular weight excluding hydrogens is 367 g/mol. The first-order valence-electron chi connectivity index (χ1n) is 10.1. The summed E-state index contributed by atoms with van der Waals surface area (Å²) in [5.41, 5.74) is 8.12. The van der Waals surface area contributed by atoms with Crippen molar-refractivity contribution in [3.63, 3.8) is 0 Å². The fourth-order valence-corrected chi connectivity index (χ4v) is 6.92. The fraction of sp³-hybridized carbons (Fsp3) is 0.143. The Hall–Kier alpha value is -2.69. The van der Waals surface area contributed by atoms with E-state index in [4.69, 9.17) is 0 Å². The van der Waals surface area contributed by atoms with Crippen molar-refractivity contribution in [1.82, 2.24) is 0 Å². The van der Waals surface area contributed by atoms with Gasteiger partial charge in [-0.25, -0.2) is 0 Å². The number of hydrogen-bond acceptors (Lipinski definition) is 0. The summed E-state index contributed by atoms with van der Waals surface area (Å²) in [6.07, 6.45) is 0. The third kappa shape index (κ3) is 3.78. The lowest BCUT2D eigenvalue weighted by atomic mass is 9.97. The molecule has 0 N–H and O–H groups in total. The predicted molar refractivity (Wildman–Crippen MR) is 130 cm³/mol. The van der Waals surface area contributed by atoms with Crippen LogP contribution < -0.4 is 15.9 Å². The maximum Gasteiger partial charge on any atom is -0.00684 e. The normalized spacial score (nSPS) is 11.1. The van der Waals surface area contributed by atoms with Gasteiger partial charge in [0.15, 0.2) is 0 Å². The van der Waals surface area contributed by atoms with Gasteiger partial charge in [0.1, 0.15) is 0 Å². The predicted octanol–water partition coefficient (Wildman–Crippen LogP) is 6.35. The molecule has 1 heteroatoms. The Morgan fingerprint density at radius 2 is 0.862 bits per heavy atom. The van der Waals surface area contributed by atoms with Gasteiger partial charge >= 0.3 is 0 Å². The molecule has 0 aliphatic heterocycles. The molecule has 0 atom stereocenters. The molecule has 0 amide bonds. The van der Waals surface area contributed by atoms with E-state index in [1.807, 2.05) is 0 Å². The second kappa shape index (κ2) is 8.36. The Bertz CT molecular complexity index is 1110. The van der Waals surface area contributed by atoms with Crippen LogP contribution in [0.5, 0.6) is 0 Å². The number of benzene rings is 4. The lowest BCUT2D eigenvalue weighted by Crippen LogP contribution is -2.25. The second-order valence-electron chi connectivity index (χ2n) is 7.69. The lowest BCUT2D eigenvalue weighted by molar-refractivity contribution is 1.42. The van der Waals surface area contributed by atoms with Crippen LogP contribution in [0.1, 0.15) is 22.3 Å². The monoisotopic (exact) mass is 394 g/mol. The highest BCUT2D eigenvalue weighted by Gasteiger charge is 2.24. The summed E-state index contributed by atoms with van der Waals surface area (Å²) in [7, 11) is -0.661. The van der Waals surface area contributed by atoms with Crippen LogP contribution in [0.25, 0.3) is 11.1 Å². The Kier molecular flexibility index (Phi) is 5.65. The van der Waals surface area contributed by atoms with Crippen molar-refractivity contribution in [3.05, 3.63) is 113 Å². The van der Waals surface area contributed by atoms with Gasteiger partial charge in [0.25, 0.3) is 0 Å². The molecule has 0 bridgehead atoms. The summed E-state index contributed by atoms with van der Waals surface area (Å²) in [6, 6.07) is 33.3. The Morgan fingerprint density at radius 3 is 1.41 bits per heavy atom. The number of hydrogen-bond donors (Lipinski definition) is 0. The Balaban J connectivity index is 2.06. The molecule has 0 aromatic heterocycles. The molecule has 0 spiro atoms. The molecule has 0 aliphatic carbocycles. The molecule has 0 radical (unpaired) electrons. The van der Waals surface area contributed by atoms with Crippen LogP contribution in [0.2, 0.25) is 0 Å². The van der Waals surface area contributed by atoms with E-state index < -0.39 is 7.92 Å². The standard InChI is InChI=1S/C28H27P/c1-20-12-5-8-16-24(20)28-23(4)15-11-19-27(28)29(25-17-9-6-13-21(25)2)26-18-10-7-14-22(26)3/h5-19H,1-4H3. The molecule has 0 heterocycles. The highest BCUT2D eigenvalue weighted by atomic mass is 31.1. The van der Waals surface area contributed by atoms with Crippen molar-refractivity contribution in [1.29, 1.82) is 0 Å². The topological polar surface area (TPSA) is 0 Å². The van der Waals surface area contributed by atoms with Gasteiger partial charge < -0.3 is 0 Å². The fourth-order valence-electron chi connectivity index (χ4n) is 4.06. The lowest BCUT2D eigenvalue weighted by Gasteiger charge is -2.26. The maximum absolute atomic E-state index is 2.35. The maximum atomic E-state index is 2.35. The van der Waals surface area contributed by atoms with Gasteiger partial charge in [-0.05, 0) is 84.9 Å². The molecule has 0 aliphatic rings. The van der Waals surface area contributed by atoms with Gasteiger partial charge in [0.2, 0.25) is 0 Å². The van der Waals surface area contributed by atoms with Gasteiger partial charge in [-0.3, -0.25) is 0 Å². The average molecular weight is 394 g/mol. The molecule has 0 saturated heterocycles. The van der Waals surface area contributed by atoms with E-state index in [9.17, 15) is 0 Å². The molecular formula is C28H27P.